The van der Waals surface area contributed by atoms with Gasteiger partial charge in [-0.1, -0.05) is 21.1 Å². The summed E-state index contributed by atoms with van der Waals surface area (Å²) in [6, 6.07) is 5.00. The Labute approximate surface area is 109 Å². The van der Waals surface area contributed by atoms with E-state index in [9.17, 15) is 5.11 Å². The number of halogens is 1. The van der Waals surface area contributed by atoms with Crippen molar-refractivity contribution in [3.63, 3.8) is 0 Å². The Morgan fingerprint density at radius 1 is 1.33 bits per heavy atom. The summed E-state index contributed by atoms with van der Waals surface area (Å²) in [7, 11) is 0. The van der Waals surface area contributed by atoms with Crippen LogP contribution in [0.4, 0.5) is 0 Å². The van der Waals surface area contributed by atoms with Crippen molar-refractivity contribution in [2.24, 2.45) is 0 Å². The van der Waals surface area contributed by atoms with E-state index >= 15 is 0 Å². The average Bonchev–Trinajstić information content (AvgIpc) is 2.99. The zero-order valence-electron chi connectivity index (χ0n) is 8.83. The molecule has 0 fully saturated rings. The Balaban J connectivity index is 2.03. The van der Waals surface area contributed by atoms with Crippen LogP contribution in [0, 0.1) is 0 Å². The van der Waals surface area contributed by atoms with Gasteiger partial charge in [0.1, 0.15) is 5.75 Å². The van der Waals surface area contributed by atoms with E-state index in [2.05, 4.69) is 41.5 Å². The first kappa shape index (κ1) is 10.9. The Kier molecular flexibility index (Phi) is 2.56. The van der Waals surface area contributed by atoms with Crippen molar-refractivity contribution in [3.05, 3.63) is 28.9 Å². The molecule has 1 aromatic carbocycles. The quantitative estimate of drug-likeness (QED) is 0.751. The molecular formula is C10H6BrN5O2. The number of rotatable bonds is 2. The second-order valence-corrected chi connectivity index (χ2v) is 4.36. The minimum Gasteiger partial charge on any atom is -0.507 e. The van der Waals surface area contributed by atoms with E-state index in [1.165, 1.54) is 6.20 Å². The second kappa shape index (κ2) is 4.22. The van der Waals surface area contributed by atoms with Gasteiger partial charge in [-0.3, -0.25) is 0 Å². The summed E-state index contributed by atoms with van der Waals surface area (Å²) in [5.74, 6) is 0.582. The molecule has 2 aromatic heterocycles. The van der Waals surface area contributed by atoms with Crippen LogP contribution in [0.2, 0.25) is 0 Å². The highest BCUT2D eigenvalue weighted by Gasteiger charge is 2.15. The summed E-state index contributed by atoms with van der Waals surface area (Å²) in [4.78, 5) is 4.14. The molecule has 0 aliphatic rings. The van der Waals surface area contributed by atoms with E-state index in [0.717, 1.165) is 4.47 Å². The summed E-state index contributed by atoms with van der Waals surface area (Å²) >= 11 is 3.26. The lowest BCUT2D eigenvalue weighted by atomic mass is 10.2. The fourth-order valence-electron chi connectivity index (χ4n) is 1.43. The van der Waals surface area contributed by atoms with E-state index in [1.807, 2.05) is 0 Å². The average molecular weight is 308 g/mol. The van der Waals surface area contributed by atoms with Gasteiger partial charge in [-0.05, 0) is 18.2 Å². The molecule has 0 radical (unpaired) electrons. The topological polar surface area (TPSA) is 101 Å². The lowest BCUT2D eigenvalue weighted by Gasteiger charge is -1.98. The van der Waals surface area contributed by atoms with Gasteiger partial charge in [0, 0.05) is 4.47 Å². The van der Waals surface area contributed by atoms with Gasteiger partial charge in [-0.25, -0.2) is 0 Å². The van der Waals surface area contributed by atoms with Gasteiger partial charge in [-0.15, -0.1) is 0 Å². The highest BCUT2D eigenvalue weighted by atomic mass is 79.9. The third-order valence-corrected chi connectivity index (χ3v) is 2.75. The molecule has 8 heteroatoms. The van der Waals surface area contributed by atoms with Crippen LogP contribution in [-0.2, 0) is 0 Å². The Bertz CT molecular complexity index is 679. The van der Waals surface area contributed by atoms with E-state index in [4.69, 9.17) is 4.52 Å². The van der Waals surface area contributed by atoms with Gasteiger partial charge in [0.2, 0.25) is 5.82 Å². The fourth-order valence-corrected chi connectivity index (χ4v) is 1.78. The number of benzene rings is 1. The van der Waals surface area contributed by atoms with Crippen LogP contribution in [0.5, 0.6) is 5.75 Å². The fraction of sp³-hybridized carbons (Fsp3) is 0. The molecule has 18 heavy (non-hydrogen) atoms. The first-order valence-corrected chi connectivity index (χ1v) is 5.72. The smallest absolute Gasteiger partial charge is 0.262 e. The molecule has 0 spiro atoms. The minimum absolute atomic E-state index is 0.0553. The van der Waals surface area contributed by atoms with Crippen LogP contribution >= 0.6 is 15.9 Å². The van der Waals surface area contributed by atoms with Crippen molar-refractivity contribution in [1.29, 1.82) is 0 Å². The monoisotopic (exact) mass is 307 g/mol. The van der Waals surface area contributed by atoms with Gasteiger partial charge >= 0.3 is 0 Å². The lowest BCUT2D eigenvalue weighted by Crippen LogP contribution is -1.82. The predicted molar refractivity (Wildman–Crippen MR) is 64.5 cm³/mol. The Hall–Kier alpha value is -2.22. The molecule has 0 saturated heterocycles. The highest BCUT2D eigenvalue weighted by molar-refractivity contribution is 9.10. The lowest BCUT2D eigenvalue weighted by molar-refractivity contribution is 0.425. The van der Waals surface area contributed by atoms with E-state index in [0.29, 0.717) is 17.1 Å². The van der Waals surface area contributed by atoms with Crippen molar-refractivity contribution in [2.75, 3.05) is 0 Å². The molecule has 7 nitrogen and oxygen atoms in total. The maximum Gasteiger partial charge on any atom is 0.262 e. The number of phenols is 1. The molecule has 0 aliphatic carbocycles. The third-order valence-electron chi connectivity index (χ3n) is 2.26. The first-order chi connectivity index (χ1) is 8.74. The summed E-state index contributed by atoms with van der Waals surface area (Å²) in [6.45, 7) is 0. The van der Waals surface area contributed by atoms with Crippen molar-refractivity contribution in [1.82, 2.24) is 25.6 Å². The van der Waals surface area contributed by atoms with E-state index < -0.39 is 0 Å². The number of aromatic amines is 1. The van der Waals surface area contributed by atoms with Crippen molar-refractivity contribution < 1.29 is 9.63 Å². The molecule has 90 valence electrons. The number of H-pyrrole nitrogens is 1. The number of hydrogen-bond donors (Lipinski definition) is 2. The van der Waals surface area contributed by atoms with Crippen molar-refractivity contribution in [2.45, 2.75) is 0 Å². The molecule has 0 aliphatic heterocycles. The zero-order valence-corrected chi connectivity index (χ0v) is 10.4. The van der Waals surface area contributed by atoms with Crippen LogP contribution in [0.1, 0.15) is 0 Å². The van der Waals surface area contributed by atoms with Crippen LogP contribution in [0.25, 0.3) is 23.0 Å². The standard InChI is InChI=1S/C10H6BrN5O2/c11-5-1-2-6(8(17)3-5)10-13-9(15-18-10)7-4-12-16-14-7/h1-4,17H,(H,12,14,16). The van der Waals surface area contributed by atoms with E-state index in [-0.39, 0.29) is 11.6 Å². The number of phenolic OH excluding ortho intramolecular Hbond substituents is 1. The number of nitrogens with zero attached hydrogens (tertiary/aromatic N) is 4. The van der Waals surface area contributed by atoms with Crippen molar-refractivity contribution in [3.8, 4) is 28.7 Å². The molecular weight excluding hydrogens is 302 g/mol. The molecule has 0 unspecified atom stereocenters. The van der Waals surface area contributed by atoms with E-state index in [1.54, 1.807) is 18.2 Å². The molecule has 2 N–H and O–H groups in total. The summed E-state index contributed by atoms with van der Waals surface area (Å²) < 4.78 is 5.84. The first-order valence-electron chi connectivity index (χ1n) is 4.93. The number of nitrogens with one attached hydrogen (secondary N) is 1. The maximum absolute atomic E-state index is 9.79. The highest BCUT2D eigenvalue weighted by Crippen LogP contribution is 2.31. The molecule has 0 atom stereocenters. The predicted octanol–water partition coefficient (Wildman–Crippen LogP) is 1.99. The second-order valence-electron chi connectivity index (χ2n) is 3.44. The van der Waals surface area contributed by atoms with Gasteiger partial charge in [0.05, 0.1) is 11.8 Å². The summed E-state index contributed by atoms with van der Waals surface area (Å²) in [5.41, 5.74) is 0.932. The van der Waals surface area contributed by atoms with Gasteiger partial charge < -0.3 is 9.63 Å². The zero-order chi connectivity index (χ0) is 12.5. The molecule has 0 saturated carbocycles. The molecule has 2 heterocycles. The van der Waals surface area contributed by atoms with Crippen LogP contribution < -0.4 is 0 Å². The Morgan fingerprint density at radius 2 is 2.22 bits per heavy atom. The number of hydrogen-bond acceptors (Lipinski definition) is 6. The number of aromatic hydroxyl groups is 1. The van der Waals surface area contributed by atoms with Crippen LogP contribution in [-0.4, -0.2) is 30.7 Å². The summed E-state index contributed by atoms with van der Waals surface area (Å²) in [6.07, 6.45) is 1.48. The molecule has 0 bridgehead atoms. The van der Waals surface area contributed by atoms with Crippen LogP contribution in [0.3, 0.4) is 0 Å². The largest absolute Gasteiger partial charge is 0.507 e. The van der Waals surface area contributed by atoms with Crippen LogP contribution in [0.15, 0.2) is 33.4 Å². The number of aromatic nitrogens is 5. The normalized spacial score (nSPS) is 10.7. The summed E-state index contributed by atoms with van der Waals surface area (Å²) in [5, 5.41) is 23.5. The SMILES string of the molecule is Oc1cc(Br)ccc1-c1nc(-c2cn[nH]n2)no1. The minimum atomic E-state index is 0.0553. The van der Waals surface area contributed by atoms with Gasteiger partial charge in [0.25, 0.3) is 5.89 Å². The third kappa shape index (κ3) is 1.86. The molecule has 3 rings (SSSR count). The maximum atomic E-state index is 9.79. The molecule has 0 amide bonds. The van der Waals surface area contributed by atoms with Crippen molar-refractivity contribution >= 4 is 15.9 Å². The Morgan fingerprint density at radius 3 is 2.94 bits per heavy atom. The van der Waals surface area contributed by atoms with Gasteiger partial charge in [0.15, 0.2) is 5.69 Å². The van der Waals surface area contributed by atoms with Gasteiger partial charge in [-0.2, -0.15) is 20.4 Å². The molecule has 3 aromatic rings.